The van der Waals surface area contributed by atoms with E-state index in [1.165, 1.54) is 0 Å². The first-order valence-electron chi connectivity index (χ1n) is 7.92. The molecule has 0 atom stereocenters. The van der Waals surface area contributed by atoms with Gasteiger partial charge < -0.3 is 15.4 Å². The van der Waals surface area contributed by atoms with Crippen LogP contribution in [0.5, 0.6) is 0 Å². The molecule has 2 heterocycles. The quantitative estimate of drug-likeness (QED) is 0.605. The second-order valence-corrected chi connectivity index (χ2v) is 6.56. The minimum absolute atomic E-state index is 0.333. The second kappa shape index (κ2) is 8.62. The van der Waals surface area contributed by atoms with E-state index in [-0.39, 0.29) is 0 Å². The van der Waals surface area contributed by atoms with Crippen LogP contribution in [0.25, 0.3) is 11.5 Å². The van der Waals surface area contributed by atoms with Gasteiger partial charge in [-0.05, 0) is 39.0 Å². The summed E-state index contributed by atoms with van der Waals surface area (Å²) in [5.74, 6) is 0.871. The van der Waals surface area contributed by atoms with Gasteiger partial charge in [0.1, 0.15) is 11.3 Å². The highest BCUT2D eigenvalue weighted by atomic mass is 35.5. The van der Waals surface area contributed by atoms with Crippen LogP contribution in [0.2, 0.25) is 0 Å². The lowest BCUT2D eigenvalue weighted by Gasteiger charge is -2.19. The number of nitrogens with one attached hydrogen (secondary N) is 2. The number of halogens is 1. The highest BCUT2D eigenvalue weighted by Crippen LogP contribution is 2.15. The third kappa shape index (κ3) is 6.54. The number of rotatable bonds is 6. The van der Waals surface area contributed by atoms with Crippen molar-refractivity contribution in [2.45, 2.75) is 32.3 Å². The first-order valence-corrected chi connectivity index (χ1v) is 8.46. The Bertz CT molecular complexity index is 701. The average molecular weight is 364 g/mol. The number of ether oxygens (including phenoxy) is 1. The molecule has 0 fully saturated rings. The molecule has 0 bridgehead atoms. The van der Waals surface area contributed by atoms with E-state index >= 15 is 0 Å². The molecule has 1 amide bonds. The number of alkyl carbamates (subject to hydrolysis) is 1. The maximum atomic E-state index is 11.5. The predicted octanol–water partition coefficient (Wildman–Crippen LogP) is 3.21. The summed E-state index contributed by atoms with van der Waals surface area (Å²) < 4.78 is 5.16. The summed E-state index contributed by atoms with van der Waals surface area (Å²) in [4.78, 5) is 24.4. The number of amides is 1. The van der Waals surface area contributed by atoms with Crippen LogP contribution < -0.4 is 10.6 Å². The monoisotopic (exact) mass is 363 g/mol. The van der Waals surface area contributed by atoms with Gasteiger partial charge in [-0.25, -0.2) is 14.8 Å². The number of hydrogen-bond donors (Lipinski definition) is 2. The summed E-state index contributed by atoms with van der Waals surface area (Å²) in [7, 11) is 0. The van der Waals surface area contributed by atoms with E-state index < -0.39 is 11.7 Å². The summed E-state index contributed by atoms with van der Waals surface area (Å²) in [6.45, 7) is 6.47. The van der Waals surface area contributed by atoms with E-state index in [1.807, 2.05) is 32.9 Å². The van der Waals surface area contributed by atoms with Crippen LogP contribution in [0.15, 0.2) is 30.6 Å². The zero-order valence-corrected chi connectivity index (χ0v) is 15.3. The number of alkyl halides is 1. The topological polar surface area (TPSA) is 89.0 Å². The largest absolute Gasteiger partial charge is 0.444 e. The number of hydrogen-bond acceptors (Lipinski definition) is 6. The van der Waals surface area contributed by atoms with Crippen molar-refractivity contribution in [2.24, 2.45) is 0 Å². The van der Waals surface area contributed by atoms with Gasteiger partial charge in [0.15, 0.2) is 5.82 Å². The molecule has 2 rings (SSSR count). The summed E-state index contributed by atoms with van der Waals surface area (Å²) >= 11 is 5.78. The third-order valence-corrected chi connectivity index (χ3v) is 3.24. The molecule has 0 aliphatic carbocycles. The number of nitrogens with zero attached hydrogens (tertiary/aromatic N) is 3. The SMILES string of the molecule is CC(C)(C)OC(=O)NCCNc1ccc(-c2nccc(CCl)n2)nc1. The molecule has 2 aromatic rings. The molecule has 8 heteroatoms. The maximum Gasteiger partial charge on any atom is 0.407 e. The number of aromatic nitrogens is 3. The molecule has 0 aromatic carbocycles. The minimum Gasteiger partial charge on any atom is -0.444 e. The highest BCUT2D eigenvalue weighted by molar-refractivity contribution is 6.16. The van der Waals surface area contributed by atoms with Crippen molar-refractivity contribution in [1.29, 1.82) is 0 Å². The molecule has 2 aromatic heterocycles. The Labute approximate surface area is 152 Å². The van der Waals surface area contributed by atoms with Gasteiger partial charge in [0, 0.05) is 19.3 Å². The van der Waals surface area contributed by atoms with Crippen LogP contribution in [-0.2, 0) is 10.6 Å². The second-order valence-electron chi connectivity index (χ2n) is 6.29. The van der Waals surface area contributed by atoms with Crippen molar-refractivity contribution in [1.82, 2.24) is 20.3 Å². The Morgan fingerprint density at radius 3 is 2.64 bits per heavy atom. The van der Waals surface area contributed by atoms with Gasteiger partial charge in [-0.15, -0.1) is 11.6 Å². The molecule has 0 radical (unpaired) electrons. The van der Waals surface area contributed by atoms with Gasteiger partial charge >= 0.3 is 6.09 Å². The lowest BCUT2D eigenvalue weighted by Crippen LogP contribution is -2.34. The van der Waals surface area contributed by atoms with Crippen molar-refractivity contribution in [3.63, 3.8) is 0 Å². The Hall–Kier alpha value is -2.41. The molecular weight excluding hydrogens is 342 g/mol. The Morgan fingerprint density at radius 1 is 1.20 bits per heavy atom. The fourth-order valence-electron chi connectivity index (χ4n) is 1.91. The van der Waals surface area contributed by atoms with E-state index in [0.29, 0.717) is 30.5 Å². The van der Waals surface area contributed by atoms with E-state index in [2.05, 4.69) is 25.6 Å². The Kier molecular flexibility index (Phi) is 6.52. The summed E-state index contributed by atoms with van der Waals surface area (Å²) in [6.07, 6.45) is 2.93. The normalized spacial score (nSPS) is 11.0. The molecule has 0 saturated heterocycles. The summed E-state index contributed by atoms with van der Waals surface area (Å²) in [6, 6.07) is 5.48. The van der Waals surface area contributed by atoms with Crippen LogP contribution in [0, 0.1) is 0 Å². The lowest BCUT2D eigenvalue weighted by molar-refractivity contribution is 0.0530. The summed E-state index contributed by atoms with van der Waals surface area (Å²) in [5, 5.41) is 5.85. The molecule has 134 valence electrons. The molecule has 0 aliphatic rings. The Balaban J connectivity index is 1.81. The molecule has 25 heavy (non-hydrogen) atoms. The van der Waals surface area contributed by atoms with Gasteiger partial charge in [-0.3, -0.25) is 4.98 Å². The van der Waals surface area contributed by atoms with Crippen LogP contribution in [0.3, 0.4) is 0 Å². The standard InChI is InChI=1S/C17H22ClN5O2/c1-17(2,3)25-16(24)21-9-8-19-13-4-5-14(22-11-13)15-20-7-6-12(10-18)23-15/h4-7,11,19H,8-10H2,1-3H3,(H,21,24). The molecule has 0 aliphatic heterocycles. The van der Waals surface area contributed by atoms with Crippen LogP contribution in [0.1, 0.15) is 26.5 Å². The van der Waals surface area contributed by atoms with E-state index in [9.17, 15) is 4.79 Å². The summed E-state index contributed by atoms with van der Waals surface area (Å²) in [5.41, 5.74) is 1.76. The molecular formula is C17H22ClN5O2. The van der Waals surface area contributed by atoms with Crippen molar-refractivity contribution in [3.8, 4) is 11.5 Å². The first-order chi connectivity index (χ1) is 11.9. The molecule has 7 nitrogen and oxygen atoms in total. The number of carbonyl (C=O) groups excluding carboxylic acids is 1. The van der Waals surface area contributed by atoms with Crippen molar-refractivity contribution in [3.05, 3.63) is 36.3 Å². The lowest BCUT2D eigenvalue weighted by atomic mass is 10.2. The fraction of sp³-hybridized carbons (Fsp3) is 0.412. The minimum atomic E-state index is -0.500. The maximum absolute atomic E-state index is 11.5. The predicted molar refractivity (Wildman–Crippen MR) is 97.5 cm³/mol. The fourth-order valence-corrected chi connectivity index (χ4v) is 2.06. The van der Waals surface area contributed by atoms with E-state index in [4.69, 9.17) is 16.3 Å². The molecule has 2 N–H and O–H groups in total. The zero-order chi connectivity index (χ0) is 18.3. The average Bonchev–Trinajstić information content (AvgIpc) is 2.58. The number of carbonyl (C=O) groups is 1. The van der Waals surface area contributed by atoms with Crippen molar-refractivity contribution < 1.29 is 9.53 Å². The Morgan fingerprint density at radius 2 is 2.00 bits per heavy atom. The highest BCUT2D eigenvalue weighted by Gasteiger charge is 2.15. The van der Waals surface area contributed by atoms with E-state index in [0.717, 1.165) is 11.4 Å². The van der Waals surface area contributed by atoms with Crippen LogP contribution in [-0.4, -0.2) is 39.7 Å². The van der Waals surface area contributed by atoms with Crippen molar-refractivity contribution >= 4 is 23.4 Å². The smallest absolute Gasteiger partial charge is 0.407 e. The number of pyridine rings is 1. The molecule has 0 spiro atoms. The van der Waals surface area contributed by atoms with Crippen LogP contribution in [0.4, 0.5) is 10.5 Å². The van der Waals surface area contributed by atoms with Gasteiger partial charge in [-0.1, -0.05) is 0 Å². The van der Waals surface area contributed by atoms with Gasteiger partial charge in [0.2, 0.25) is 0 Å². The van der Waals surface area contributed by atoms with E-state index in [1.54, 1.807) is 18.5 Å². The molecule has 0 saturated carbocycles. The van der Waals surface area contributed by atoms with Gasteiger partial charge in [0.05, 0.1) is 23.5 Å². The molecule has 0 unspecified atom stereocenters. The van der Waals surface area contributed by atoms with Crippen LogP contribution >= 0.6 is 11.6 Å². The zero-order valence-electron chi connectivity index (χ0n) is 14.5. The first kappa shape index (κ1) is 18.9. The number of anilines is 1. The van der Waals surface area contributed by atoms with Gasteiger partial charge in [-0.2, -0.15) is 0 Å². The van der Waals surface area contributed by atoms with Crippen molar-refractivity contribution in [2.75, 3.05) is 18.4 Å². The van der Waals surface area contributed by atoms with Gasteiger partial charge in [0.25, 0.3) is 0 Å². The third-order valence-electron chi connectivity index (χ3n) is 2.97.